The van der Waals surface area contributed by atoms with Crippen LogP contribution in [0.25, 0.3) is 0 Å². The maximum Gasteiger partial charge on any atom is 0.150 e. The standard InChI is InChI=1S/C10H11FO2S/c1-14(12,13)10-6-8(10)7-4-2-3-5-9(7)11/h2-5,8,10H,6H2,1H3/t8-,10-/m0/s1. The Morgan fingerprint density at radius 2 is 2.00 bits per heavy atom. The molecule has 2 nitrogen and oxygen atoms in total. The van der Waals surface area contributed by atoms with E-state index in [1.165, 1.54) is 12.3 Å². The highest BCUT2D eigenvalue weighted by Gasteiger charge is 2.46. The van der Waals surface area contributed by atoms with E-state index < -0.39 is 9.84 Å². The summed E-state index contributed by atoms with van der Waals surface area (Å²) in [6, 6.07) is 6.37. The minimum absolute atomic E-state index is 0.133. The van der Waals surface area contributed by atoms with Gasteiger partial charge in [-0.25, -0.2) is 12.8 Å². The topological polar surface area (TPSA) is 34.1 Å². The molecule has 0 radical (unpaired) electrons. The molecule has 0 saturated heterocycles. The van der Waals surface area contributed by atoms with Crippen LogP contribution in [0, 0.1) is 5.82 Å². The Balaban J connectivity index is 2.26. The molecule has 1 aromatic rings. The third-order valence-electron chi connectivity index (χ3n) is 2.59. The van der Waals surface area contributed by atoms with Gasteiger partial charge in [0.25, 0.3) is 0 Å². The average molecular weight is 214 g/mol. The van der Waals surface area contributed by atoms with Crippen molar-refractivity contribution in [2.24, 2.45) is 0 Å². The smallest absolute Gasteiger partial charge is 0.150 e. The van der Waals surface area contributed by atoms with E-state index in [0.717, 1.165) is 0 Å². The first kappa shape index (κ1) is 9.65. The van der Waals surface area contributed by atoms with Crippen LogP contribution in [-0.2, 0) is 9.84 Å². The van der Waals surface area contributed by atoms with Crippen molar-refractivity contribution in [1.29, 1.82) is 0 Å². The van der Waals surface area contributed by atoms with Crippen LogP contribution in [0.5, 0.6) is 0 Å². The predicted molar refractivity (Wildman–Crippen MR) is 52.4 cm³/mol. The summed E-state index contributed by atoms with van der Waals surface area (Å²) in [5.74, 6) is -0.435. The summed E-state index contributed by atoms with van der Waals surface area (Å²) in [4.78, 5) is 0. The highest BCUT2D eigenvalue weighted by molar-refractivity contribution is 7.91. The van der Waals surface area contributed by atoms with Gasteiger partial charge in [-0.15, -0.1) is 0 Å². The number of hydrogen-bond acceptors (Lipinski definition) is 2. The molecule has 2 atom stereocenters. The fourth-order valence-electron chi connectivity index (χ4n) is 1.75. The van der Waals surface area contributed by atoms with Crippen molar-refractivity contribution in [1.82, 2.24) is 0 Å². The summed E-state index contributed by atoms with van der Waals surface area (Å²) < 4.78 is 35.6. The predicted octanol–water partition coefficient (Wildman–Crippen LogP) is 1.73. The van der Waals surface area contributed by atoms with Gasteiger partial charge in [0, 0.05) is 12.2 Å². The van der Waals surface area contributed by atoms with Gasteiger partial charge in [-0.1, -0.05) is 18.2 Å². The fourth-order valence-corrected chi connectivity index (χ4v) is 3.05. The second-order valence-electron chi connectivity index (χ2n) is 3.73. The summed E-state index contributed by atoms with van der Waals surface area (Å²) in [5, 5.41) is -0.376. The minimum atomic E-state index is -3.01. The minimum Gasteiger partial charge on any atom is -0.229 e. The van der Waals surface area contributed by atoms with Gasteiger partial charge in [-0.2, -0.15) is 0 Å². The SMILES string of the molecule is CS(=O)(=O)[C@H]1C[C@H]1c1ccccc1F. The van der Waals surface area contributed by atoms with E-state index in [2.05, 4.69) is 0 Å². The Hall–Kier alpha value is -0.900. The van der Waals surface area contributed by atoms with Crippen molar-refractivity contribution in [3.8, 4) is 0 Å². The van der Waals surface area contributed by atoms with Gasteiger partial charge in [0.2, 0.25) is 0 Å². The van der Waals surface area contributed by atoms with Gasteiger partial charge in [0.1, 0.15) is 5.82 Å². The summed E-state index contributed by atoms with van der Waals surface area (Å²) >= 11 is 0. The van der Waals surface area contributed by atoms with Gasteiger partial charge in [0.05, 0.1) is 5.25 Å². The molecule has 4 heteroatoms. The zero-order chi connectivity index (χ0) is 10.3. The molecule has 1 aliphatic carbocycles. The second kappa shape index (κ2) is 3.05. The molecule has 0 unspecified atom stereocenters. The Bertz CT molecular complexity index is 453. The number of rotatable bonds is 2. The molecule has 2 rings (SSSR count). The maximum absolute atomic E-state index is 13.2. The van der Waals surface area contributed by atoms with Crippen LogP contribution in [0.3, 0.4) is 0 Å². The van der Waals surface area contributed by atoms with Crippen molar-refractivity contribution < 1.29 is 12.8 Å². The van der Waals surface area contributed by atoms with E-state index in [1.54, 1.807) is 18.2 Å². The maximum atomic E-state index is 13.2. The first-order valence-electron chi connectivity index (χ1n) is 4.43. The van der Waals surface area contributed by atoms with Crippen LogP contribution in [0.15, 0.2) is 24.3 Å². The summed E-state index contributed by atoms with van der Waals surface area (Å²) in [5.41, 5.74) is 0.530. The van der Waals surface area contributed by atoms with Gasteiger partial charge < -0.3 is 0 Å². The number of sulfone groups is 1. The van der Waals surface area contributed by atoms with E-state index in [1.807, 2.05) is 0 Å². The Morgan fingerprint density at radius 1 is 1.36 bits per heavy atom. The molecule has 0 bridgehead atoms. The number of halogens is 1. The Kier molecular flexibility index (Phi) is 2.10. The first-order chi connectivity index (χ1) is 6.50. The van der Waals surface area contributed by atoms with E-state index in [4.69, 9.17) is 0 Å². The molecule has 0 amide bonds. The lowest BCUT2D eigenvalue weighted by Gasteiger charge is -2.00. The molecule has 1 aromatic carbocycles. The molecule has 1 saturated carbocycles. The van der Waals surface area contributed by atoms with Crippen molar-refractivity contribution in [2.45, 2.75) is 17.6 Å². The highest BCUT2D eigenvalue weighted by atomic mass is 32.2. The van der Waals surface area contributed by atoms with Crippen LogP contribution >= 0.6 is 0 Å². The quantitative estimate of drug-likeness (QED) is 0.751. The molecule has 0 aliphatic heterocycles. The average Bonchev–Trinajstić information content (AvgIpc) is 2.83. The highest BCUT2D eigenvalue weighted by Crippen LogP contribution is 2.46. The molecule has 0 spiro atoms. The normalized spacial score (nSPS) is 26.1. The molecular formula is C10H11FO2S. The van der Waals surface area contributed by atoms with Crippen molar-refractivity contribution in [3.63, 3.8) is 0 Å². The van der Waals surface area contributed by atoms with E-state index in [-0.39, 0.29) is 17.0 Å². The second-order valence-corrected chi connectivity index (χ2v) is 6.00. The van der Waals surface area contributed by atoms with Crippen LogP contribution in [0.4, 0.5) is 4.39 Å². The van der Waals surface area contributed by atoms with E-state index in [9.17, 15) is 12.8 Å². The monoisotopic (exact) mass is 214 g/mol. The Labute approximate surface area is 82.7 Å². The summed E-state index contributed by atoms with van der Waals surface area (Å²) in [6.07, 6.45) is 1.76. The summed E-state index contributed by atoms with van der Waals surface area (Å²) in [6.45, 7) is 0. The fraction of sp³-hybridized carbons (Fsp3) is 0.400. The van der Waals surface area contributed by atoms with Crippen LogP contribution in [0.1, 0.15) is 17.9 Å². The number of hydrogen-bond donors (Lipinski definition) is 0. The first-order valence-corrected chi connectivity index (χ1v) is 6.39. The van der Waals surface area contributed by atoms with E-state index in [0.29, 0.717) is 12.0 Å². The third kappa shape index (κ3) is 1.66. The third-order valence-corrected chi connectivity index (χ3v) is 4.21. The molecule has 0 heterocycles. The molecule has 0 N–H and O–H groups in total. The lowest BCUT2D eigenvalue weighted by Crippen LogP contribution is -2.05. The van der Waals surface area contributed by atoms with Crippen LogP contribution < -0.4 is 0 Å². The van der Waals surface area contributed by atoms with Crippen LogP contribution in [0.2, 0.25) is 0 Å². The molecular weight excluding hydrogens is 203 g/mol. The van der Waals surface area contributed by atoms with E-state index >= 15 is 0 Å². The molecule has 1 fully saturated rings. The van der Waals surface area contributed by atoms with Crippen molar-refractivity contribution in [2.75, 3.05) is 6.26 Å². The zero-order valence-corrected chi connectivity index (χ0v) is 8.59. The molecule has 1 aliphatic rings. The molecule has 14 heavy (non-hydrogen) atoms. The number of benzene rings is 1. The van der Waals surface area contributed by atoms with Gasteiger partial charge in [0.15, 0.2) is 9.84 Å². The van der Waals surface area contributed by atoms with Crippen LogP contribution in [-0.4, -0.2) is 19.9 Å². The molecule has 0 aromatic heterocycles. The lowest BCUT2D eigenvalue weighted by molar-refractivity contribution is 0.597. The van der Waals surface area contributed by atoms with Gasteiger partial charge in [-0.3, -0.25) is 0 Å². The van der Waals surface area contributed by atoms with Gasteiger partial charge >= 0.3 is 0 Å². The summed E-state index contributed by atoms with van der Waals surface area (Å²) in [7, 11) is -3.01. The Morgan fingerprint density at radius 3 is 2.50 bits per heavy atom. The lowest BCUT2D eigenvalue weighted by atomic mass is 10.1. The zero-order valence-electron chi connectivity index (χ0n) is 7.77. The van der Waals surface area contributed by atoms with Crippen molar-refractivity contribution >= 4 is 9.84 Å². The van der Waals surface area contributed by atoms with Crippen molar-refractivity contribution in [3.05, 3.63) is 35.6 Å². The largest absolute Gasteiger partial charge is 0.229 e. The van der Waals surface area contributed by atoms with Gasteiger partial charge in [-0.05, 0) is 18.1 Å². The molecule has 76 valence electrons.